The Kier molecular flexibility index (Phi) is 13.7. The van der Waals surface area contributed by atoms with Crippen molar-refractivity contribution >= 4 is 23.2 Å². The maximum atomic E-state index is 14.3. The zero-order valence-corrected chi connectivity index (χ0v) is 37.0. The number of aliphatic hydroxyl groups excluding tert-OH is 2. The molecule has 2 amide bonds. The number of carbonyl (C=O) groups is 2. The number of ether oxygens (including phenoxy) is 1. The van der Waals surface area contributed by atoms with E-state index in [0.29, 0.717) is 42.0 Å². The van der Waals surface area contributed by atoms with Gasteiger partial charge in [-0.2, -0.15) is 5.06 Å². The Hall–Kier alpha value is -4.20. The van der Waals surface area contributed by atoms with Crippen molar-refractivity contribution in [2.24, 2.45) is 29.1 Å². The van der Waals surface area contributed by atoms with E-state index in [4.69, 9.17) is 9.57 Å². The molecule has 0 radical (unpaired) electrons. The summed E-state index contributed by atoms with van der Waals surface area (Å²) in [5.74, 6) is 0.994. The van der Waals surface area contributed by atoms with Gasteiger partial charge < -0.3 is 40.3 Å². The first-order valence-corrected chi connectivity index (χ1v) is 21.2. The van der Waals surface area contributed by atoms with Gasteiger partial charge in [0, 0.05) is 80.8 Å². The predicted molar refractivity (Wildman–Crippen MR) is 235 cm³/mol. The van der Waals surface area contributed by atoms with Gasteiger partial charge in [0.05, 0.1) is 26.4 Å². The standard InChI is InChI=1S/C47H68N6O6/c1-28-38-23-34(47(38,3)4)24-39(28)49-46(57)43-42(29(2)55)41(27-54)59-53(43)25-31-16-14-17-37(44(31)58-11)32-19-33(22-36(21-32)51(7)8)45(56)48-35(26-50(5)6)20-30-15-12-13-18-40(30)52(9)10/h12-19,21-22,28-29,34-35,38-39,41-43,54-55H,20,23-27H2,1-11H3,(H,48,56)(H,49,57)/t28-,29-,34+,35-,38-,39-,41-,42+,43-/m0/s1. The van der Waals surface area contributed by atoms with Crippen LogP contribution in [0.3, 0.4) is 0 Å². The van der Waals surface area contributed by atoms with E-state index in [2.05, 4.69) is 53.3 Å². The SMILES string of the molecule is COc1c(CN2O[C@@H](CO)[C@@H]([C@H](C)O)[C@H]2C(=O)N[C@H]2C[C@H]3C[C@@H]([C@@H]2C)C3(C)C)cccc1-c1cc(C(=O)N[C@@H](Cc2ccccc2N(C)C)CN(C)C)cc(N(C)C)c1. The highest BCUT2D eigenvalue weighted by atomic mass is 16.7. The first-order chi connectivity index (χ1) is 27.9. The monoisotopic (exact) mass is 813 g/mol. The van der Waals surface area contributed by atoms with Gasteiger partial charge in [-0.1, -0.05) is 57.2 Å². The number of carbonyl (C=O) groups excluding carboxylic acids is 2. The highest BCUT2D eigenvalue weighted by Gasteiger charge is 2.57. The Labute approximate surface area is 351 Å². The highest BCUT2D eigenvalue weighted by molar-refractivity contribution is 5.97. The van der Waals surface area contributed by atoms with E-state index in [1.54, 1.807) is 19.1 Å². The van der Waals surface area contributed by atoms with Gasteiger partial charge in [0.1, 0.15) is 17.9 Å². The minimum Gasteiger partial charge on any atom is -0.496 e. The van der Waals surface area contributed by atoms with E-state index < -0.39 is 24.2 Å². The first kappa shape index (κ1) is 44.4. The van der Waals surface area contributed by atoms with Crippen LogP contribution in [0.15, 0.2) is 60.7 Å². The number of aliphatic hydroxyl groups is 2. The van der Waals surface area contributed by atoms with Gasteiger partial charge in [-0.15, -0.1) is 0 Å². The Morgan fingerprint density at radius 2 is 1.69 bits per heavy atom. The molecular formula is C47H68N6O6. The fraction of sp³-hybridized carbons (Fsp3) is 0.574. The molecule has 4 fully saturated rings. The summed E-state index contributed by atoms with van der Waals surface area (Å²) >= 11 is 0. The van der Waals surface area contributed by atoms with E-state index in [1.807, 2.05) is 95.7 Å². The van der Waals surface area contributed by atoms with Gasteiger partial charge in [-0.3, -0.25) is 14.4 Å². The Bertz CT molecular complexity index is 1950. The van der Waals surface area contributed by atoms with Crippen LogP contribution in [0.1, 0.15) is 62.0 Å². The number of anilines is 2. The van der Waals surface area contributed by atoms with Crippen LogP contribution in [-0.2, 0) is 22.6 Å². The highest BCUT2D eigenvalue weighted by Crippen LogP contribution is 2.61. The zero-order valence-electron chi connectivity index (χ0n) is 37.0. The molecule has 3 saturated carbocycles. The number of fused-ring (bicyclic) bond motifs is 2. The Balaban J connectivity index is 1.29. The second kappa shape index (κ2) is 18.2. The Morgan fingerprint density at radius 3 is 2.31 bits per heavy atom. The molecule has 0 aromatic heterocycles. The van der Waals surface area contributed by atoms with Crippen LogP contribution in [-0.4, -0.2) is 125 Å². The molecular weight excluding hydrogens is 745 g/mol. The van der Waals surface area contributed by atoms with E-state index in [9.17, 15) is 19.8 Å². The summed E-state index contributed by atoms with van der Waals surface area (Å²) < 4.78 is 6.14. The lowest BCUT2D eigenvalue weighted by molar-refractivity contribution is -0.183. The van der Waals surface area contributed by atoms with Crippen molar-refractivity contribution in [1.82, 2.24) is 20.6 Å². The molecule has 3 aliphatic carbocycles. The van der Waals surface area contributed by atoms with Crippen molar-refractivity contribution in [1.29, 1.82) is 0 Å². The summed E-state index contributed by atoms with van der Waals surface area (Å²) in [7, 11) is 13.6. The van der Waals surface area contributed by atoms with E-state index >= 15 is 0 Å². The van der Waals surface area contributed by atoms with Crippen LogP contribution in [0.25, 0.3) is 11.1 Å². The normalized spacial score (nSPS) is 25.8. The molecule has 2 bridgehead atoms. The molecule has 7 rings (SSSR count). The number of hydrogen-bond acceptors (Lipinski definition) is 10. The van der Waals surface area contributed by atoms with Gasteiger partial charge in [0.15, 0.2) is 0 Å². The van der Waals surface area contributed by atoms with Crippen LogP contribution in [0.5, 0.6) is 5.75 Å². The number of methoxy groups -OCH3 is 1. The van der Waals surface area contributed by atoms with Gasteiger partial charge in [-0.25, -0.2) is 0 Å². The van der Waals surface area contributed by atoms with Gasteiger partial charge >= 0.3 is 0 Å². The molecule has 4 aliphatic rings. The van der Waals surface area contributed by atoms with Crippen molar-refractivity contribution in [3.8, 4) is 16.9 Å². The summed E-state index contributed by atoms with van der Waals surface area (Å²) in [4.78, 5) is 41.0. The topological polar surface area (TPSA) is 130 Å². The summed E-state index contributed by atoms with van der Waals surface area (Å²) in [6.45, 7) is 9.05. The van der Waals surface area contributed by atoms with Gasteiger partial charge in [0.25, 0.3) is 5.91 Å². The zero-order chi connectivity index (χ0) is 42.9. The second-order valence-electron chi connectivity index (χ2n) is 18.6. The van der Waals surface area contributed by atoms with Crippen LogP contribution >= 0.6 is 0 Å². The molecule has 4 N–H and O–H groups in total. The quantitative estimate of drug-likeness (QED) is 0.156. The van der Waals surface area contributed by atoms with Crippen molar-refractivity contribution in [2.45, 2.75) is 83.8 Å². The van der Waals surface area contributed by atoms with Crippen LogP contribution < -0.4 is 25.2 Å². The fourth-order valence-corrected chi connectivity index (χ4v) is 10.2. The summed E-state index contributed by atoms with van der Waals surface area (Å²) in [5, 5.41) is 29.7. The van der Waals surface area contributed by atoms with Gasteiger partial charge in [0.2, 0.25) is 5.91 Å². The number of benzene rings is 3. The van der Waals surface area contributed by atoms with Gasteiger partial charge in [-0.05, 0) is 98.8 Å². The average Bonchev–Trinajstić information content (AvgIpc) is 3.56. The third-order valence-corrected chi connectivity index (χ3v) is 13.6. The van der Waals surface area contributed by atoms with Crippen molar-refractivity contribution in [2.75, 3.05) is 72.3 Å². The summed E-state index contributed by atoms with van der Waals surface area (Å²) in [5.41, 5.74) is 6.25. The maximum Gasteiger partial charge on any atom is 0.251 e. The molecule has 322 valence electrons. The van der Waals surface area contributed by atoms with Crippen molar-refractivity contribution in [3.63, 3.8) is 0 Å². The lowest BCUT2D eigenvalue weighted by Crippen LogP contribution is -2.62. The smallest absolute Gasteiger partial charge is 0.251 e. The van der Waals surface area contributed by atoms with Crippen LogP contribution in [0.4, 0.5) is 11.4 Å². The second-order valence-corrected chi connectivity index (χ2v) is 18.6. The average molecular weight is 813 g/mol. The molecule has 3 aromatic carbocycles. The molecule has 3 aromatic rings. The van der Waals surface area contributed by atoms with Crippen molar-refractivity contribution in [3.05, 3.63) is 77.4 Å². The minimum absolute atomic E-state index is 0.0317. The van der Waals surface area contributed by atoms with Crippen molar-refractivity contribution < 1.29 is 29.4 Å². The lowest BCUT2D eigenvalue weighted by atomic mass is 9.45. The molecule has 1 aliphatic heterocycles. The molecule has 0 spiro atoms. The van der Waals surface area contributed by atoms with Crippen LogP contribution in [0.2, 0.25) is 0 Å². The number of amides is 2. The number of nitrogens with one attached hydrogen (secondary N) is 2. The lowest BCUT2D eigenvalue weighted by Gasteiger charge is -2.62. The van der Waals surface area contributed by atoms with Crippen LogP contribution in [0, 0.1) is 29.1 Å². The Morgan fingerprint density at radius 1 is 0.983 bits per heavy atom. The number of para-hydroxylation sites is 2. The number of hydroxylamine groups is 2. The largest absolute Gasteiger partial charge is 0.496 e. The maximum absolute atomic E-state index is 14.3. The summed E-state index contributed by atoms with van der Waals surface area (Å²) in [6, 6.07) is 19.0. The summed E-state index contributed by atoms with van der Waals surface area (Å²) in [6.07, 6.45) is 1.12. The number of hydrogen-bond donors (Lipinski definition) is 4. The third kappa shape index (κ3) is 9.27. The predicted octanol–water partition coefficient (Wildman–Crippen LogP) is 5.06. The molecule has 1 saturated heterocycles. The van der Waals surface area contributed by atoms with E-state index in [1.165, 1.54) is 6.42 Å². The third-order valence-electron chi connectivity index (χ3n) is 13.6. The molecule has 59 heavy (non-hydrogen) atoms. The molecule has 1 heterocycles. The molecule has 12 nitrogen and oxygen atoms in total. The fourth-order valence-electron chi connectivity index (χ4n) is 10.2. The molecule has 12 heteroatoms. The molecule has 0 unspecified atom stereocenters. The number of nitrogens with zero attached hydrogens (tertiary/aromatic N) is 4. The number of likely N-dealkylation sites (N-methyl/N-ethyl adjacent to an activating group) is 1. The number of rotatable bonds is 16. The van der Waals surface area contributed by atoms with E-state index in [-0.39, 0.29) is 42.5 Å². The van der Waals surface area contributed by atoms with E-state index in [0.717, 1.165) is 40.0 Å². The molecule has 9 atom stereocenters. The first-order valence-electron chi connectivity index (χ1n) is 21.2. The minimum atomic E-state index is -0.907.